The number of fused-ring (bicyclic) bond motifs is 1. The molecule has 0 aromatic heterocycles. The van der Waals surface area contributed by atoms with E-state index in [1.807, 2.05) is 24.3 Å². The van der Waals surface area contributed by atoms with Crippen molar-refractivity contribution in [1.82, 2.24) is 5.32 Å². The minimum Gasteiger partial charge on any atom is -0.390 e. The Morgan fingerprint density at radius 2 is 1.79 bits per heavy atom. The Balaban J connectivity index is 1.68. The molecule has 0 bridgehead atoms. The third-order valence-electron chi connectivity index (χ3n) is 4.03. The van der Waals surface area contributed by atoms with Gasteiger partial charge in [-0.3, -0.25) is 0 Å². The predicted molar refractivity (Wildman–Crippen MR) is 90.6 cm³/mol. The van der Waals surface area contributed by atoms with Crippen molar-refractivity contribution in [3.8, 4) is 0 Å². The summed E-state index contributed by atoms with van der Waals surface area (Å²) in [4.78, 5) is 12.3. The summed E-state index contributed by atoms with van der Waals surface area (Å²) in [5.74, 6) is 0. The van der Waals surface area contributed by atoms with E-state index in [1.165, 1.54) is 24.3 Å². The zero-order chi connectivity index (χ0) is 17.3. The lowest BCUT2D eigenvalue weighted by molar-refractivity contribution is 0.144. The molecule has 0 spiro atoms. The van der Waals surface area contributed by atoms with Gasteiger partial charge in [0.15, 0.2) is 9.84 Å². The van der Waals surface area contributed by atoms with Crippen LogP contribution in [0.1, 0.15) is 17.2 Å². The molecule has 0 aliphatic heterocycles. The average molecular weight is 346 g/mol. The predicted octanol–water partition coefficient (Wildman–Crippen LogP) is 1.87. The van der Waals surface area contributed by atoms with E-state index in [2.05, 4.69) is 10.6 Å². The molecular weight excluding hydrogens is 328 g/mol. The van der Waals surface area contributed by atoms with Crippen molar-refractivity contribution in [3.63, 3.8) is 0 Å². The molecule has 6 nitrogen and oxygen atoms in total. The van der Waals surface area contributed by atoms with Crippen LogP contribution in [0, 0.1) is 0 Å². The van der Waals surface area contributed by atoms with E-state index in [4.69, 9.17) is 0 Å². The van der Waals surface area contributed by atoms with Gasteiger partial charge >= 0.3 is 6.03 Å². The highest BCUT2D eigenvalue weighted by molar-refractivity contribution is 7.90. The molecule has 0 unspecified atom stereocenters. The molecule has 3 N–H and O–H groups in total. The monoisotopic (exact) mass is 346 g/mol. The Hall–Kier alpha value is -2.38. The highest BCUT2D eigenvalue weighted by Crippen LogP contribution is 2.31. The summed E-state index contributed by atoms with van der Waals surface area (Å²) in [6.07, 6.45) is 0.964. The smallest absolute Gasteiger partial charge is 0.319 e. The van der Waals surface area contributed by atoms with Gasteiger partial charge in [-0.15, -0.1) is 0 Å². The summed E-state index contributed by atoms with van der Waals surface area (Å²) < 4.78 is 22.8. The Morgan fingerprint density at radius 1 is 1.12 bits per heavy atom. The summed E-state index contributed by atoms with van der Waals surface area (Å²) in [5.41, 5.74) is 2.40. The fourth-order valence-electron chi connectivity index (χ4n) is 2.84. The van der Waals surface area contributed by atoms with Gasteiger partial charge in [-0.2, -0.15) is 0 Å². The molecule has 126 valence electrons. The van der Waals surface area contributed by atoms with Crippen LogP contribution in [-0.4, -0.2) is 31.9 Å². The van der Waals surface area contributed by atoms with Gasteiger partial charge in [0.1, 0.15) is 0 Å². The molecule has 0 saturated heterocycles. The summed E-state index contributed by atoms with van der Waals surface area (Å²) in [6.45, 7) is 0. The molecule has 0 radical (unpaired) electrons. The van der Waals surface area contributed by atoms with Gasteiger partial charge < -0.3 is 15.7 Å². The number of aliphatic hydroxyl groups excluding tert-OH is 1. The topological polar surface area (TPSA) is 95.5 Å². The number of carbonyl (C=O) groups is 1. The number of nitrogens with one attached hydrogen (secondary N) is 2. The second-order valence-corrected chi connectivity index (χ2v) is 7.86. The average Bonchev–Trinajstić information content (AvgIpc) is 2.83. The highest BCUT2D eigenvalue weighted by atomic mass is 32.2. The van der Waals surface area contributed by atoms with E-state index in [-0.39, 0.29) is 4.90 Å². The van der Waals surface area contributed by atoms with Crippen molar-refractivity contribution in [3.05, 3.63) is 59.7 Å². The first-order chi connectivity index (χ1) is 11.3. The quantitative estimate of drug-likeness (QED) is 0.790. The Kier molecular flexibility index (Phi) is 4.29. The third-order valence-corrected chi connectivity index (χ3v) is 5.16. The fourth-order valence-corrected chi connectivity index (χ4v) is 3.47. The number of anilines is 1. The summed E-state index contributed by atoms with van der Waals surface area (Å²) >= 11 is 0. The molecule has 0 fully saturated rings. The fraction of sp³-hybridized carbons (Fsp3) is 0.235. The van der Waals surface area contributed by atoms with Crippen LogP contribution < -0.4 is 10.6 Å². The van der Waals surface area contributed by atoms with Gasteiger partial charge in [0, 0.05) is 18.4 Å². The van der Waals surface area contributed by atoms with Crippen LogP contribution in [0.3, 0.4) is 0 Å². The maximum atomic E-state index is 12.2. The minimum atomic E-state index is -3.27. The van der Waals surface area contributed by atoms with Crippen LogP contribution in [0.5, 0.6) is 0 Å². The van der Waals surface area contributed by atoms with Crippen molar-refractivity contribution in [2.24, 2.45) is 0 Å². The first-order valence-electron chi connectivity index (χ1n) is 7.48. The standard InChI is InChI=1S/C17H18N2O4S/c1-24(22,23)13-8-6-12(7-9-13)18-17(21)19-16-14-5-3-2-4-11(14)10-15(16)20/h2-9,15-16,20H,10H2,1H3,(H2,18,19,21)/t15-,16+/m0/s1. The number of hydrogen-bond donors (Lipinski definition) is 3. The summed E-state index contributed by atoms with van der Waals surface area (Å²) in [7, 11) is -3.27. The van der Waals surface area contributed by atoms with E-state index < -0.39 is 28.0 Å². The van der Waals surface area contributed by atoms with Gasteiger partial charge in [-0.05, 0) is 35.4 Å². The molecule has 2 aromatic carbocycles. The van der Waals surface area contributed by atoms with Crippen molar-refractivity contribution in [2.75, 3.05) is 11.6 Å². The van der Waals surface area contributed by atoms with Gasteiger partial charge in [-0.25, -0.2) is 13.2 Å². The van der Waals surface area contributed by atoms with Crippen molar-refractivity contribution in [2.45, 2.75) is 23.5 Å². The molecule has 0 heterocycles. The van der Waals surface area contributed by atoms with Crippen LogP contribution in [0.15, 0.2) is 53.4 Å². The second kappa shape index (κ2) is 6.26. The number of hydrogen-bond acceptors (Lipinski definition) is 4. The number of benzene rings is 2. The molecule has 24 heavy (non-hydrogen) atoms. The lowest BCUT2D eigenvalue weighted by Crippen LogP contribution is -2.36. The van der Waals surface area contributed by atoms with Crippen molar-refractivity contribution < 1.29 is 18.3 Å². The Morgan fingerprint density at radius 3 is 2.46 bits per heavy atom. The van der Waals surface area contributed by atoms with Crippen LogP contribution in [0.25, 0.3) is 0 Å². The molecular formula is C17H18N2O4S. The lowest BCUT2D eigenvalue weighted by atomic mass is 10.1. The van der Waals surface area contributed by atoms with E-state index in [0.717, 1.165) is 17.4 Å². The molecule has 2 atom stereocenters. The van der Waals surface area contributed by atoms with E-state index in [1.54, 1.807) is 0 Å². The maximum absolute atomic E-state index is 12.2. The minimum absolute atomic E-state index is 0.189. The number of rotatable bonds is 3. The van der Waals surface area contributed by atoms with Crippen LogP contribution in [0.2, 0.25) is 0 Å². The molecule has 7 heteroatoms. The number of urea groups is 1. The SMILES string of the molecule is CS(=O)(=O)c1ccc(NC(=O)N[C@@H]2c3ccccc3C[C@@H]2O)cc1. The summed E-state index contributed by atoms with van der Waals surface area (Å²) in [6, 6.07) is 12.6. The lowest BCUT2D eigenvalue weighted by Gasteiger charge is -2.18. The van der Waals surface area contributed by atoms with Gasteiger partial charge in [0.05, 0.1) is 17.0 Å². The van der Waals surface area contributed by atoms with E-state index in [9.17, 15) is 18.3 Å². The second-order valence-electron chi connectivity index (χ2n) is 5.84. The molecule has 2 amide bonds. The number of aliphatic hydroxyl groups is 1. The molecule has 2 aromatic rings. The van der Waals surface area contributed by atoms with E-state index in [0.29, 0.717) is 12.1 Å². The normalized spacial score (nSPS) is 19.6. The van der Waals surface area contributed by atoms with Crippen LogP contribution in [0.4, 0.5) is 10.5 Å². The number of carbonyl (C=O) groups excluding carboxylic acids is 1. The molecule has 3 rings (SSSR count). The molecule has 1 aliphatic rings. The Bertz CT molecular complexity index is 862. The Labute approximate surface area is 140 Å². The highest BCUT2D eigenvalue weighted by Gasteiger charge is 2.31. The number of amides is 2. The first kappa shape index (κ1) is 16.5. The largest absolute Gasteiger partial charge is 0.390 e. The van der Waals surface area contributed by atoms with Crippen molar-refractivity contribution in [1.29, 1.82) is 0 Å². The van der Waals surface area contributed by atoms with Crippen LogP contribution in [-0.2, 0) is 16.3 Å². The zero-order valence-corrected chi connectivity index (χ0v) is 13.9. The molecule has 1 aliphatic carbocycles. The van der Waals surface area contributed by atoms with Crippen molar-refractivity contribution >= 4 is 21.6 Å². The van der Waals surface area contributed by atoms with Gasteiger partial charge in [-0.1, -0.05) is 24.3 Å². The first-order valence-corrected chi connectivity index (χ1v) is 9.37. The van der Waals surface area contributed by atoms with Gasteiger partial charge in [0.25, 0.3) is 0 Å². The zero-order valence-electron chi connectivity index (χ0n) is 13.1. The van der Waals surface area contributed by atoms with Crippen LogP contribution >= 0.6 is 0 Å². The van der Waals surface area contributed by atoms with Gasteiger partial charge in [0.2, 0.25) is 0 Å². The summed E-state index contributed by atoms with van der Waals surface area (Å²) in [5, 5.41) is 15.5. The molecule has 0 saturated carbocycles. The third kappa shape index (κ3) is 3.42. The maximum Gasteiger partial charge on any atom is 0.319 e. The number of sulfone groups is 1. The van der Waals surface area contributed by atoms with E-state index >= 15 is 0 Å².